The van der Waals surface area contributed by atoms with E-state index in [0.717, 1.165) is 12.1 Å². The number of fused-ring (bicyclic) bond motifs is 1. The molecule has 1 aromatic heterocycles. The van der Waals surface area contributed by atoms with Gasteiger partial charge in [0.1, 0.15) is 0 Å². The molecule has 0 aliphatic heterocycles. The van der Waals surface area contributed by atoms with Crippen LogP contribution in [0.15, 0.2) is 67.3 Å². The van der Waals surface area contributed by atoms with Gasteiger partial charge in [0.25, 0.3) is 5.91 Å². The van der Waals surface area contributed by atoms with E-state index in [1.165, 1.54) is 29.3 Å². The van der Waals surface area contributed by atoms with Crippen molar-refractivity contribution in [1.29, 1.82) is 0 Å². The Labute approximate surface area is 167 Å². The first kappa shape index (κ1) is 21.2. The molecule has 28 heavy (non-hydrogen) atoms. The Balaban J connectivity index is 0.00000136. The lowest BCUT2D eigenvalue weighted by Crippen LogP contribution is -2.21. The zero-order valence-electron chi connectivity index (χ0n) is 17.0. The van der Waals surface area contributed by atoms with Crippen LogP contribution < -0.4 is 5.48 Å². The van der Waals surface area contributed by atoms with Crippen molar-refractivity contribution in [3.05, 3.63) is 89.6 Å². The summed E-state index contributed by atoms with van der Waals surface area (Å²) >= 11 is 0. The first-order chi connectivity index (χ1) is 13.7. The van der Waals surface area contributed by atoms with Gasteiger partial charge in [0.05, 0.1) is 7.11 Å². The van der Waals surface area contributed by atoms with Crippen molar-refractivity contribution in [3.63, 3.8) is 0 Å². The molecule has 146 valence electrons. The fraction of sp³-hybridized carbons (Fsp3) is 0.208. The van der Waals surface area contributed by atoms with Crippen molar-refractivity contribution in [2.24, 2.45) is 0 Å². The lowest BCUT2D eigenvalue weighted by Gasteiger charge is -2.10. The molecule has 0 unspecified atom stereocenters. The van der Waals surface area contributed by atoms with Crippen LogP contribution in [0.3, 0.4) is 0 Å². The molecule has 0 saturated heterocycles. The van der Waals surface area contributed by atoms with E-state index in [0.29, 0.717) is 5.56 Å². The van der Waals surface area contributed by atoms with Crippen molar-refractivity contribution in [3.8, 4) is 0 Å². The number of nitrogens with zero attached hydrogens (tertiary/aromatic N) is 1. The van der Waals surface area contributed by atoms with E-state index in [1.807, 2.05) is 44.2 Å². The normalized spacial score (nSPS) is 10.6. The molecule has 0 fully saturated rings. The highest BCUT2D eigenvalue weighted by Crippen LogP contribution is 2.28. The van der Waals surface area contributed by atoms with Crippen molar-refractivity contribution in [1.82, 2.24) is 10.0 Å². The van der Waals surface area contributed by atoms with E-state index >= 15 is 0 Å². The SMILES string of the molecule is C=C/C=C\c1c(C)n(Cc2ccc(C(=O)NOC)cc2)c2ccccc12.CC. The monoisotopic (exact) mass is 376 g/mol. The number of nitrogens with one attached hydrogen (secondary N) is 1. The summed E-state index contributed by atoms with van der Waals surface area (Å²) in [6.45, 7) is 10.6. The Morgan fingerprint density at radius 1 is 1.14 bits per heavy atom. The van der Waals surface area contributed by atoms with Gasteiger partial charge in [0.2, 0.25) is 0 Å². The van der Waals surface area contributed by atoms with E-state index < -0.39 is 0 Å². The van der Waals surface area contributed by atoms with Gasteiger partial charge in [0, 0.05) is 34.3 Å². The highest BCUT2D eigenvalue weighted by molar-refractivity contribution is 5.93. The minimum atomic E-state index is -0.251. The van der Waals surface area contributed by atoms with Gasteiger partial charge in [-0.3, -0.25) is 9.63 Å². The third-order valence-corrected chi connectivity index (χ3v) is 4.43. The topological polar surface area (TPSA) is 43.3 Å². The molecule has 0 saturated carbocycles. The molecule has 0 atom stereocenters. The van der Waals surface area contributed by atoms with Crippen molar-refractivity contribution >= 4 is 22.9 Å². The van der Waals surface area contributed by atoms with E-state index in [4.69, 9.17) is 0 Å². The van der Waals surface area contributed by atoms with Gasteiger partial charge in [-0.05, 0) is 30.7 Å². The lowest BCUT2D eigenvalue weighted by atomic mass is 10.1. The molecular formula is C24H28N2O2. The highest BCUT2D eigenvalue weighted by Gasteiger charge is 2.12. The van der Waals surface area contributed by atoms with E-state index in [-0.39, 0.29) is 5.91 Å². The second kappa shape index (κ2) is 10.3. The molecule has 1 amide bonds. The van der Waals surface area contributed by atoms with Crippen LogP contribution in [0.25, 0.3) is 17.0 Å². The smallest absolute Gasteiger partial charge is 0.274 e. The van der Waals surface area contributed by atoms with Gasteiger partial charge in [-0.15, -0.1) is 0 Å². The quantitative estimate of drug-likeness (QED) is 0.455. The molecule has 4 nitrogen and oxygen atoms in total. The molecule has 1 heterocycles. The number of carbonyl (C=O) groups is 1. The summed E-state index contributed by atoms with van der Waals surface area (Å²) in [5.74, 6) is -0.251. The Morgan fingerprint density at radius 2 is 1.82 bits per heavy atom. The van der Waals surface area contributed by atoms with Gasteiger partial charge in [-0.25, -0.2) is 5.48 Å². The summed E-state index contributed by atoms with van der Waals surface area (Å²) in [7, 11) is 1.42. The first-order valence-corrected chi connectivity index (χ1v) is 9.45. The molecule has 0 spiro atoms. The van der Waals surface area contributed by atoms with Crippen LogP contribution in [0.1, 0.15) is 41.0 Å². The van der Waals surface area contributed by atoms with Crippen LogP contribution >= 0.6 is 0 Å². The number of hydrogen-bond acceptors (Lipinski definition) is 2. The highest BCUT2D eigenvalue weighted by atomic mass is 16.6. The largest absolute Gasteiger partial charge is 0.340 e. The number of aromatic nitrogens is 1. The molecule has 0 radical (unpaired) electrons. The number of allylic oxidation sites excluding steroid dienone is 2. The van der Waals surface area contributed by atoms with Gasteiger partial charge in [-0.2, -0.15) is 0 Å². The maximum Gasteiger partial charge on any atom is 0.274 e. The van der Waals surface area contributed by atoms with Crippen LogP contribution in [0.4, 0.5) is 0 Å². The van der Waals surface area contributed by atoms with Gasteiger partial charge >= 0.3 is 0 Å². The average Bonchev–Trinajstić information content (AvgIpc) is 3.00. The molecule has 4 heteroatoms. The minimum absolute atomic E-state index is 0.251. The molecular weight excluding hydrogens is 348 g/mol. The Bertz CT molecular complexity index is 966. The van der Waals surface area contributed by atoms with E-state index in [2.05, 4.69) is 58.7 Å². The number of para-hydroxylation sites is 1. The predicted molar refractivity (Wildman–Crippen MR) is 117 cm³/mol. The molecule has 0 aliphatic carbocycles. The fourth-order valence-electron chi connectivity index (χ4n) is 3.13. The first-order valence-electron chi connectivity index (χ1n) is 9.45. The van der Waals surface area contributed by atoms with Crippen LogP contribution in [-0.4, -0.2) is 17.6 Å². The molecule has 1 N–H and O–H groups in total. The predicted octanol–water partition coefficient (Wildman–Crippen LogP) is 5.51. The number of carbonyl (C=O) groups excluding carboxylic acids is 1. The summed E-state index contributed by atoms with van der Waals surface area (Å²) in [5.41, 5.74) is 7.62. The Morgan fingerprint density at radius 3 is 2.46 bits per heavy atom. The molecule has 3 rings (SSSR count). The van der Waals surface area contributed by atoms with Crippen molar-refractivity contribution in [2.45, 2.75) is 27.3 Å². The second-order valence-corrected chi connectivity index (χ2v) is 6.03. The fourth-order valence-corrected chi connectivity index (χ4v) is 3.13. The number of benzene rings is 2. The van der Waals surface area contributed by atoms with Gasteiger partial charge < -0.3 is 4.57 Å². The summed E-state index contributed by atoms with van der Waals surface area (Å²) in [4.78, 5) is 16.5. The summed E-state index contributed by atoms with van der Waals surface area (Å²) in [6, 6.07) is 15.9. The zero-order chi connectivity index (χ0) is 20.5. The number of hydroxylamine groups is 1. The average molecular weight is 377 g/mol. The zero-order valence-corrected chi connectivity index (χ0v) is 17.0. The standard InChI is InChI=1S/C22H22N2O2.C2H6/c1-4-5-8-19-16(2)24(21-10-7-6-9-20(19)21)15-17-11-13-18(14-12-17)22(25)23-26-3;1-2/h4-14H,1,15H2,2-3H3,(H,23,25);1-2H3/b8-5-;. The van der Waals surface area contributed by atoms with E-state index in [9.17, 15) is 4.79 Å². The third-order valence-electron chi connectivity index (χ3n) is 4.43. The number of hydrogen-bond donors (Lipinski definition) is 1. The van der Waals surface area contributed by atoms with Gasteiger partial charge in [-0.1, -0.05) is 69.0 Å². The Kier molecular flexibility index (Phi) is 7.78. The minimum Gasteiger partial charge on any atom is -0.340 e. The van der Waals surface area contributed by atoms with Crippen LogP contribution in [0.2, 0.25) is 0 Å². The lowest BCUT2D eigenvalue weighted by molar-refractivity contribution is 0.0537. The van der Waals surface area contributed by atoms with Crippen molar-refractivity contribution in [2.75, 3.05) is 7.11 Å². The maximum absolute atomic E-state index is 11.8. The molecule has 0 aliphatic rings. The van der Waals surface area contributed by atoms with Crippen LogP contribution in [-0.2, 0) is 11.4 Å². The maximum atomic E-state index is 11.8. The van der Waals surface area contributed by atoms with Crippen molar-refractivity contribution < 1.29 is 9.63 Å². The van der Waals surface area contributed by atoms with Crippen LogP contribution in [0, 0.1) is 6.92 Å². The number of rotatable bonds is 6. The second-order valence-electron chi connectivity index (χ2n) is 6.03. The molecule has 2 aromatic carbocycles. The number of amides is 1. The molecule has 3 aromatic rings. The molecule has 0 bridgehead atoms. The summed E-state index contributed by atoms with van der Waals surface area (Å²) < 4.78 is 2.29. The van der Waals surface area contributed by atoms with E-state index in [1.54, 1.807) is 6.08 Å². The summed E-state index contributed by atoms with van der Waals surface area (Å²) in [5, 5.41) is 1.22. The van der Waals surface area contributed by atoms with Gasteiger partial charge in [0.15, 0.2) is 0 Å². The van der Waals surface area contributed by atoms with Crippen LogP contribution in [0.5, 0.6) is 0 Å². The third kappa shape index (κ3) is 4.59. The summed E-state index contributed by atoms with van der Waals surface area (Å²) in [6.07, 6.45) is 5.84. The Hall–Kier alpha value is -3.11.